The second-order valence-corrected chi connectivity index (χ2v) is 2.81. The van der Waals surface area contributed by atoms with E-state index in [1.165, 1.54) is 0 Å². The number of carboxylic acid groups (broad SMARTS) is 2. The number of amides is 1. The molecule has 0 rings (SSSR count). The maximum atomic E-state index is 10.1. The molecule has 1 atom stereocenters. The average Bonchev–Trinajstić information content (AvgIpc) is 2.14. The molecule has 0 saturated heterocycles. The van der Waals surface area contributed by atoms with E-state index in [0.29, 0.717) is 0 Å². The number of primary amides is 1. The summed E-state index contributed by atoms with van der Waals surface area (Å²) in [6.45, 7) is 1.00. The number of ketones is 1. The first kappa shape index (κ1) is 16.5. The van der Waals surface area contributed by atoms with Crippen LogP contribution in [0.1, 0.15) is 19.8 Å². The molecule has 8 heteroatoms. The van der Waals surface area contributed by atoms with Crippen LogP contribution in [-0.2, 0) is 19.2 Å². The summed E-state index contributed by atoms with van der Waals surface area (Å²) in [5.74, 6) is -3.84. The Labute approximate surface area is 91.2 Å². The third-order valence-corrected chi connectivity index (χ3v) is 1.32. The Morgan fingerprint density at radius 2 is 1.56 bits per heavy atom. The molecule has 1 unspecified atom stereocenters. The number of hydrogen-bond donors (Lipinski definition) is 4. The first-order valence-electron chi connectivity index (χ1n) is 4.19. The fourth-order valence-corrected chi connectivity index (χ4v) is 0.421. The number of carbonyl (C=O) groups excluding carboxylic acids is 2. The van der Waals surface area contributed by atoms with Crippen LogP contribution in [0, 0.1) is 0 Å². The van der Waals surface area contributed by atoms with Gasteiger partial charge in [-0.25, -0.2) is 4.79 Å². The van der Waals surface area contributed by atoms with Crippen molar-refractivity contribution in [2.45, 2.75) is 25.8 Å². The normalized spacial score (nSPS) is 10.6. The summed E-state index contributed by atoms with van der Waals surface area (Å²) < 4.78 is 0. The van der Waals surface area contributed by atoms with Gasteiger partial charge >= 0.3 is 11.9 Å². The molecule has 0 spiro atoms. The summed E-state index contributed by atoms with van der Waals surface area (Å²) in [6.07, 6.45) is 0.123. The number of carboxylic acids is 2. The van der Waals surface area contributed by atoms with Crippen LogP contribution in [0.3, 0.4) is 0 Å². The average molecular weight is 234 g/mol. The topological polar surface area (TPSA) is 161 Å². The molecule has 0 saturated carbocycles. The summed E-state index contributed by atoms with van der Waals surface area (Å²) in [6, 6.07) is -0.979. The van der Waals surface area contributed by atoms with Crippen molar-refractivity contribution >= 4 is 23.6 Å². The van der Waals surface area contributed by atoms with Crippen molar-refractivity contribution < 1.29 is 29.4 Å². The van der Waals surface area contributed by atoms with Gasteiger partial charge in [0.2, 0.25) is 11.7 Å². The van der Waals surface area contributed by atoms with Gasteiger partial charge in [-0.2, -0.15) is 0 Å². The minimum absolute atomic E-state index is 0.0213. The van der Waals surface area contributed by atoms with E-state index in [1.54, 1.807) is 0 Å². The molecule has 92 valence electrons. The van der Waals surface area contributed by atoms with Crippen molar-refractivity contribution in [1.82, 2.24) is 0 Å². The Morgan fingerprint density at radius 3 is 1.75 bits per heavy atom. The van der Waals surface area contributed by atoms with E-state index in [0.717, 1.165) is 6.92 Å². The van der Waals surface area contributed by atoms with Gasteiger partial charge in [-0.05, 0) is 6.42 Å². The monoisotopic (exact) mass is 234 g/mol. The van der Waals surface area contributed by atoms with Crippen molar-refractivity contribution in [3.8, 4) is 0 Å². The zero-order valence-electron chi connectivity index (χ0n) is 8.67. The van der Waals surface area contributed by atoms with Gasteiger partial charge in [0, 0.05) is 13.3 Å². The minimum atomic E-state index is -1.38. The number of hydrogen-bond acceptors (Lipinski definition) is 5. The first-order chi connectivity index (χ1) is 7.18. The molecule has 8 nitrogen and oxygen atoms in total. The van der Waals surface area contributed by atoms with Gasteiger partial charge in [0.05, 0.1) is 0 Å². The summed E-state index contributed by atoms with van der Waals surface area (Å²) >= 11 is 0. The lowest BCUT2D eigenvalue weighted by Gasteiger charge is -2.01. The van der Waals surface area contributed by atoms with E-state index < -0.39 is 29.7 Å². The van der Waals surface area contributed by atoms with Crippen molar-refractivity contribution in [3.63, 3.8) is 0 Å². The molecule has 0 heterocycles. The molecule has 0 fully saturated rings. The second kappa shape index (κ2) is 8.36. The van der Waals surface area contributed by atoms with E-state index in [-0.39, 0.29) is 12.8 Å². The molecule has 0 aromatic carbocycles. The van der Waals surface area contributed by atoms with Crippen LogP contribution in [-0.4, -0.2) is 39.9 Å². The highest BCUT2D eigenvalue weighted by Crippen LogP contribution is 1.92. The summed E-state index contributed by atoms with van der Waals surface area (Å²) in [5.41, 5.74) is 9.81. The van der Waals surface area contributed by atoms with E-state index in [1.807, 2.05) is 0 Å². The molecule has 0 aromatic heterocycles. The zero-order chi connectivity index (χ0) is 13.3. The van der Waals surface area contributed by atoms with Crippen LogP contribution in [0.4, 0.5) is 0 Å². The Morgan fingerprint density at radius 1 is 1.19 bits per heavy atom. The molecule has 0 bridgehead atoms. The van der Waals surface area contributed by atoms with E-state index in [2.05, 4.69) is 0 Å². The lowest BCUT2D eigenvalue weighted by atomic mass is 10.2. The summed E-state index contributed by atoms with van der Waals surface area (Å²) in [7, 11) is 0. The number of aliphatic carboxylic acids is 2. The summed E-state index contributed by atoms with van der Waals surface area (Å²) in [4.78, 5) is 39.0. The highest BCUT2D eigenvalue weighted by atomic mass is 16.4. The predicted molar refractivity (Wildman–Crippen MR) is 52.4 cm³/mol. The number of carbonyl (C=O) groups is 4. The molecule has 1 amide bonds. The van der Waals surface area contributed by atoms with Crippen molar-refractivity contribution in [2.24, 2.45) is 11.5 Å². The Kier molecular flexibility index (Phi) is 8.60. The molecule has 6 N–H and O–H groups in total. The van der Waals surface area contributed by atoms with Crippen LogP contribution < -0.4 is 11.5 Å². The highest BCUT2D eigenvalue weighted by molar-refractivity contribution is 6.31. The van der Waals surface area contributed by atoms with E-state index >= 15 is 0 Å². The molecule has 0 radical (unpaired) electrons. The number of Topliss-reactive ketones (excluding diaryl/α,β-unsaturated/α-hetero) is 1. The number of rotatable bonds is 5. The van der Waals surface area contributed by atoms with Crippen LogP contribution >= 0.6 is 0 Å². The fourth-order valence-electron chi connectivity index (χ4n) is 0.421. The van der Waals surface area contributed by atoms with Crippen molar-refractivity contribution in [1.29, 1.82) is 0 Å². The Hall–Kier alpha value is -1.96. The van der Waals surface area contributed by atoms with Crippen LogP contribution in [0.2, 0.25) is 0 Å². The maximum absolute atomic E-state index is 10.1. The van der Waals surface area contributed by atoms with Gasteiger partial charge in [-0.3, -0.25) is 14.4 Å². The van der Waals surface area contributed by atoms with Crippen LogP contribution in [0.5, 0.6) is 0 Å². The SMILES string of the molecule is CC(=O)C(=O)O.NC(=O)CCC(N)C(=O)O. The highest BCUT2D eigenvalue weighted by Gasteiger charge is 2.11. The largest absolute Gasteiger partial charge is 0.480 e. The van der Waals surface area contributed by atoms with Gasteiger partial charge in [0.1, 0.15) is 6.04 Å². The Balaban J connectivity index is 0. The van der Waals surface area contributed by atoms with Gasteiger partial charge in [-0.1, -0.05) is 0 Å². The maximum Gasteiger partial charge on any atom is 0.371 e. The van der Waals surface area contributed by atoms with Crippen molar-refractivity contribution in [2.75, 3.05) is 0 Å². The van der Waals surface area contributed by atoms with Crippen molar-refractivity contribution in [3.05, 3.63) is 0 Å². The van der Waals surface area contributed by atoms with Gasteiger partial charge in [-0.15, -0.1) is 0 Å². The lowest BCUT2D eigenvalue weighted by Crippen LogP contribution is -2.31. The van der Waals surface area contributed by atoms with Gasteiger partial charge < -0.3 is 21.7 Å². The molecule has 0 aliphatic carbocycles. The molecular weight excluding hydrogens is 220 g/mol. The van der Waals surface area contributed by atoms with E-state index in [9.17, 15) is 19.2 Å². The first-order valence-corrected chi connectivity index (χ1v) is 4.19. The fraction of sp³-hybridized carbons (Fsp3) is 0.500. The molecule has 16 heavy (non-hydrogen) atoms. The minimum Gasteiger partial charge on any atom is -0.480 e. The summed E-state index contributed by atoms with van der Waals surface area (Å²) in [5, 5.41) is 15.9. The second-order valence-electron chi connectivity index (χ2n) is 2.81. The molecule has 0 aromatic rings. The van der Waals surface area contributed by atoms with Gasteiger partial charge in [0.15, 0.2) is 0 Å². The third kappa shape index (κ3) is 12.0. The molecule has 0 aliphatic heterocycles. The van der Waals surface area contributed by atoms with Crippen LogP contribution in [0.15, 0.2) is 0 Å². The molecule has 0 aliphatic rings. The lowest BCUT2D eigenvalue weighted by molar-refractivity contribution is -0.148. The zero-order valence-corrected chi connectivity index (χ0v) is 8.67. The van der Waals surface area contributed by atoms with Gasteiger partial charge in [0.25, 0.3) is 0 Å². The van der Waals surface area contributed by atoms with Crippen LogP contribution in [0.25, 0.3) is 0 Å². The quantitative estimate of drug-likeness (QED) is 0.413. The number of nitrogens with two attached hydrogens (primary N) is 2. The van der Waals surface area contributed by atoms with E-state index in [4.69, 9.17) is 21.7 Å². The third-order valence-electron chi connectivity index (χ3n) is 1.32. The molecular formula is C8H14N2O6. The standard InChI is InChI=1S/C5H10N2O3.C3H4O3/c6-3(5(9)10)1-2-4(7)8;1-2(4)3(5)6/h3H,1-2,6H2,(H2,7,8)(H,9,10);1H3,(H,5,6). The smallest absolute Gasteiger partial charge is 0.371 e. The predicted octanol–water partition coefficient (Wildman–Crippen LogP) is -1.68. The Bertz CT molecular complexity index is 276.